The van der Waals surface area contributed by atoms with Gasteiger partial charge >= 0.3 is 6.09 Å². The van der Waals surface area contributed by atoms with Crippen molar-refractivity contribution in [1.29, 1.82) is 0 Å². The maximum absolute atomic E-state index is 14.5. The number of aromatic nitrogens is 1. The van der Waals surface area contributed by atoms with Gasteiger partial charge < -0.3 is 24.1 Å². The van der Waals surface area contributed by atoms with Gasteiger partial charge in [-0.1, -0.05) is 54.6 Å². The van der Waals surface area contributed by atoms with E-state index in [0.29, 0.717) is 29.2 Å². The first kappa shape index (κ1) is 38.2. The van der Waals surface area contributed by atoms with E-state index in [1.165, 1.54) is 22.6 Å². The zero-order chi connectivity index (χ0) is 37.6. The lowest BCUT2D eigenvalue weighted by Gasteiger charge is -2.31. The molecule has 2 aromatic heterocycles. The molecule has 282 valence electrons. The normalized spacial score (nSPS) is 20.9. The van der Waals surface area contributed by atoms with Crippen molar-refractivity contribution in [2.75, 3.05) is 25.4 Å². The predicted octanol–water partition coefficient (Wildman–Crippen LogP) is 6.14. The van der Waals surface area contributed by atoms with E-state index in [0.717, 1.165) is 28.8 Å². The molecule has 2 aliphatic heterocycles. The van der Waals surface area contributed by atoms with Crippen LogP contribution in [-0.2, 0) is 38.5 Å². The quantitative estimate of drug-likeness (QED) is 0.179. The summed E-state index contributed by atoms with van der Waals surface area (Å²) in [5.74, 6) is -0.906. The number of alkyl carbamates (subject to hydrolysis) is 1. The fourth-order valence-electron chi connectivity index (χ4n) is 6.46. The minimum atomic E-state index is -4.08. The molecule has 53 heavy (non-hydrogen) atoms. The first-order valence-electron chi connectivity index (χ1n) is 17.5. The number of benzene rings is 2. The second-order valence-electron chi connectivity index (χ2n) is 14.1. The zero-order valence-corrected chi connectivity index (χ0v) is 31.5. The Morgan fingerprint density at radius 2 is 1.77 bits per heavy atom. The summed E-state index contributed by atoms with van der Waals surface area (Å²) in [6, 6.07) is 18.8. The van der Waals surface area contributed by atoms with Gasteiger partial charge in [-0.05, 0) is 63.3 Å². The van der Waals surface area contributed by atoms with Gasteiger partial charge in [-0.3, -0.25) is 9.59 Å². The number of hydrogen-bond acceptors (Lipinski definition) is 11. The monoisotopic (exact) mass is 764 g/mol. The fraction of sp³-hybridized carbons (Fsp3) is 0.421. The molecule has 0 radical (unpaired) electrons. The minimum absolute atomic E-state index is 0.00359. The maximum atomic E-state index is 14.5. The molecular weight excluding hydrogens is 721 g/mol. The molecular formula is C38H44N4O9S2. The molecule has 2 unspecified atom stereocenters. The van der Waals surface area contributed by atoms with Gasteiger partial charge in [0.15, 0.2) is 28.3 Å². The van der Waals surface area contributed by atoms with Crippen molar-refractivity contribution in [2.45, 2.75) is 75.6 Å². The molecule has 2 aromatic carbocycles. The van der Waals surface area contributed by atoms with E-state index in [1.54, 1.807) is 63.4 Å². The van der Waals surface area contributed by atoms with Crippen LogP contribution < -0.4 is 10.8 Å². The van der Waals surface area contributed by atoms with Gasteiger partial charge in [0.2, 0.25) is 11.8 Å². The molecule has 3 amide bonds. The molecule has 2 aliphatic rings. The summed E-state index contributed by atoms with van der Waals surface area (Å²) < 4.78 is 43.9. The van der Waals surface area contributed by atoms with Crippen LogP contribution in [0.2, 0.25) is 0 Å². The van der Waals surface area contributed by atoms with Crippen molar-refractivity contribution in [3.8, 4) is 21.8 Å². The highest BCUT2D eigenvalue weighted by Crippen LogP contribution is 2.45. The van der Waals surface area contributed by atoms with Crippen LogP contribution >= 0.6 is 11.3 Å². The van der Waals surface area contributed by atoms with Crippen LogP contribution in [0.1, 0.15) is 69.4 Å². The Morgan fingerprint density at radius 3 is 2.45 bits per heavy atom. The Hall–Kier alpha value is -4.57. The van der Waals surface area contributed by atoms with Gasteiger partial charge in [-0.2, -0.15) is 0 Å². The van der Waals surface area contributed by atoms with Gasteiger partial charge in [0.1, 0.15) is 16.4 Å². The largest absolute Gasteiger partial charge is 0.444 e. The van der Waals surface area contributed by atoms with E-state index >= 15 is 0 Å². The number of ether oxygens (including phenoxy) is 2. The van der Waals surface area contributed by atoms with Crippen molar-refractivity contribution in [3.05, 3.63) is 89.8 Å². The van der Waals surface area contributed by atoms with Crippen molar-refractivity contribution < 1.29 is 41.5 Å². The molecule has 0 aliphatic carbocycles. The summed E-state index contributed by atoms with van der Waals surface area (Å²) in [4.78, 5) is 53.0. The fourth-order valence-corrected chi connectivity index (χ4v) is 10.1. The Morgan fingerprint density at radius 1 is 1.02 bits per heavy atom. The summed E-state index contributed by atoms with van der Waals surface area (Å²) in [6.07, 6.45) is 3.44. The number of carbonyl (C=O) groups excluding carboxylic acids is 3. The molecule has 13 nitrogen and oxygen atoms in total. The number of oxazole rings is 1. The summed E-state index contributed by atoms with van der Waals surface area (Å²) in [6.45, 7) is 5.52. The topological polar surface area (TPSA) is 166 Å². The molecule has 2 N–H and O–H groups in total. The molecule has 0 bridgehead atoms. The van der Waals surface area contributed by atoms with E-state index in [9.17, 15) is 22.8 Å². The third kappa shape index (κ3) is 9.15. The lowest BCUT2D eigenvalue weighted by Crippen LogP contribution is -2.45. The number of hydrogen-bond donors (Lipinski definition) is 2. The van der Waals surface area contributed by atoms with Gasteiger partial charge in [0.25, 0.3) is 0 Å². The highest BCUT2D eigenvalue weighted by molar-refractivity contribution is 7.92. The van der Waals surface area contributed by atoms with Gasteiger partial charge in [-0.15, -0.1) is 11.3 Å². The first-order valence-corrected chi connectivity index (χ1v) is 20.0. The summed E-state index contributed by atoms with van der Waals surface area (Å²) in [5.41, 5.74) is 3.84. The van der Waals surface area contributed by atoms with Crippen LogP contribution in [0.3, 0.4) is 0 Å². The SMILES string of the molecule is CC(C)(C)OC(=O)N[C@@H](C(=O)N1CCC(CC(=O)NOC2CCCCO2)(c2ccc(-c3ccc(-c4cnco4)cc3)s2)S(=O)(=O)CC1)c1ccccc1. The van der Waals surface area contributed by atoms with E-state index < -0.39 is 62.6 Å². The number of thiophene rings is 1. The zero-order valence-electron chi connectivity index (χ0n) is 29.9. The Kier molecular flexibility index (Phi) is 11.7. The molecule has 6 rings (SSSR count). The van der Waals surface area contributed by atoms with E-state index in [-0.39, 0.29) is 19.5 Å². The average molecular weight is 765 g/mol. The number of carbonyl (C=O) groups is 3. The third-order valence-corrected chi connectivity index (χ3v) is 13.1. The summed E-state index contributed by atoms with van der Waals surface area (Å²) >= 11 is 1.28. The van der Waals surface area contributed by atoms with Crippen molar-refractivity contribution in [2.24, 2.45) is 0 Å². The van der Waals surface area contributed by atoms with Crippen molar-refractivity contribution in [3.63, 3.8) is 0 Å². The average Bonchev–Trinajstić information content (AvgIpc) is 3.84. The van der Waals surface area contributed by atoms with Crippen LogP contribution in [0.5, 0.6) is 0 Å². The molecule has 2 fully saturated rings. The van der Waals surface area contributed by atoms with Gasteiger partial charge in [0.05, 0.1) is 18.4 Å². The second kappa shape index (κ2) is 16.2. The van der Waals surface area contributed by atoms with Crippen molar-refractivity contribution >= 4 is 39.1 Å². The smallest absolute Gasteiger partial charge is 0.408 e. The number of rotatable bonds is 10. The predicted molar refractivity (Wildman–Crippen MR) is 198 cm³/mol. The van der Waals surface area contributed by atoms with E-state index in [4.69, 9.17) is 18.7 Å². The Balaban J connectivity index is 1.29. The first-order chi connectivity index (χ1) is 25.3. The van der Waals surface area contributed by atoms with Crippen LogP contribution in [0.15, 0.2) is 83.7 Å². The Bertz CT molecular complexity index is 1970. The van der Waals surface area contributed by atoms with Crippen LogP contribution in [-0.4, -0.2) is 73.5 Å². The summed E-state index contributed by atoms with van der Waals surface area (Å²) in [7, 11) is -4.08. The lowest BCUT2D eigenvalue weighted by atomic mass is 9.96. The number of nitrogens with zero attached hydrogens (tertiary/aromatic N) is 2. The Labute approximate surface area is 312 Å². The summed E-state index contributed by atoms with van der Waals surface area (Å²) in [5, 5.41) is 2.69. The van der Waals surface area contributed by atoms with E-state index in [2.05, 4.69) is 15.8 Å². The number of amides is 3. The molecule has 2 saturated heterocycles. The molecule has 3 atom stereocenters. The standard InChI is InChI=1S/C38H44N4O9S2/c1-37(2,3)50-36(45)40-34(28-9-5-4-6-10-28)35(44)42-19-18-38(53(46,47)22-20-42,23-32(43)41-51-33-11-7-8-21-48-33)31-17-16-30(52-31)27-14-12-26(13-15-27)29-24-39-25-49-29/h4-6,9-10,12-17,24-25,33-34H,7-8,11,18-23H2,1-3H3,(H,40,45)(H,41,43)/t33?,34-,38?/m1/s1. The van der Waals surface area contributed by atoms with Crippen LogP contribution in [0, 0.1) is 0 Å². The number of sulfone groups is 1. The second-order valence-corrected chi connectivity index (χ2v) is 17.6. The molecule has 4 aromatic rings. The lowest BCUT2D eigenvalue weighted by molar-refractivity contribution is -0.200. The van der Waals surface area contributed by atoms with Crippen molar-refractivity contribution in [1.82, 2.24) is 20.7 Å². The highest BCUT2D eigenvalue weighted by Gasteiger charge is 2.50. The van der Waals surface area contributed by atoms with E-state index in [1.807, 2.05) is 30.3 Å². The molecule has 0 saturated carbocycles. The minimum Gasteiger partial charge on any atom is -0.444 e. The van der Waals surface area contributed by atoms with Gasteiger partial charge in [0, 0.05) is 41.4 Å². The third-order valence-electron chi connectivity index (χ3n) is 9.19. The number of nitrogens with one attached hydrogen (secondary N) is 2. The molecule has 0 spiro atoms. The van der Waals surface area contributed by atoms with Gasteiger partial charge in [-0.25, -0.2) is 28.5 Å². The maximum Gasteiger partial charge on any atom is 0.408 e. The van der Waals surface area contributed by atoms with Crippen LogP contribution in [0.4, 0.5) is 4.79 Å². The number of hydroxylamine groups is 1. The molecule has 15 heteroatoms. The molecule has 4 heterocycles. The highest BCUT2D eigenvalue weighted by atomic mass is 32.2. The van der Waals surface area contributed by atoms with Crippen LogP contribution in [0.25, 0.3) is 21.8 Å².